The van der Waals surface area contributed by atoms with Gasteiger partial charge in [0.2, 0.25) is 0 Å². The number of ether oxygens (including phenoxy) is 1. The maximum absolute atomic E-state index is 12.5. The second-order valence-electron chi connectivity index (χ2n) is 6.95. The fourth-order valence-electron chi connectivity index (χ4n) is 2.99. The van der Waals surface area contributed by atoms with Gasteiger partial charge in [0.15, 0.2) is 5.11 Å². The molecule has 0 saturated heterocycles. The molecule has 1 atom stereocenters. The minimum atomic E-state index is -0.362. The molecule has 4 nitrogen and oxygen atoms in total. The maximum atomic E-state index is 12.5. The molecule has 2 N–H and O–H groups in total. The lowest BCUT2D eigenvalue weighted by atomic mass is 9.99. The van der Waals surface area contributed by atoms with Gasteiger partial charge in [-0.1, -0.05) is 56.3 Å². The number of nitrogens with one attached hydrogen (secondary N) is 2. The van der Waals surface area contributed by atoms with Crippen molar-refractivity contribution >= 4 is 45.3 Å². The van der Waals surface area contributed by atoms with Crippen LogP contribution in [0.5, 0.6) is 0 Å². The fourth-order valence-corrected chi connectivity index (χ4v) is 4.33. The smallest absolute Gasteiger partial charge is 0.341 e. The third-order valence-electron chi connectivity index (χ3n) is 4.86. The largest absolute Gasteiger partial charge is 0.462 e. The summed E-state index contributed by atoms with van der Waals surface area (Å²) in [4.78, 5) is 13.4. The molecule has 1 aromatic heterocycles. The van der Waals surface area contributed by atoms with Gasteiger partial charge in [0.1, 0.15) is 5.00 Å². The van der Waals surface area contributed by atoms with Crippen LogP contribution in [-0.4, -0.2) is 17.7 Å². The average molecular weight is 439 g/mol. The van der Waals surface area contributed by atoms with E-state index in [1.807, 2.05) is 48.5 Å². The maximum Gasteiger partial charge on any atom is 0.341 e. The standard InChI is InChI=1S/C24H26N2O2S2/c1-4-16(3)17-11-13-19(14-12-17)25-24(29)26-22-20(23(27)28-5-2)15-21(30-22)18-9-7-6-8-10-18/h6-16H,4-5H2,1-3H3,(H2,25,26,29). The first kappa shape index (κ1) is 22.0. The Labute approximate surface area is 187 Å². The summed E-state index contributed by atoms with van der Waals surface area (Å²) < 4.78 is 5.23. The normalized spacial score (nSPS) is 11.6. The molecule has 0 saturated carbocycles. The van der Waals surface area contributed by atoms with Gasteiger partial charge in [0, 0.05) is 10.6 Å². The number of benzene rings is 2. The Morgan fingerprint density at radius 1 is 1.07 bits per heavy atom. The molecule has 0 spiro atoms. The number of rotatable bonds is 7. The highest BCUT2D eigenvalue weighted by atomic mass is 32.1. The van der Waals surface area contributed by atoms with Gasteiger partial charge >= 0.3 is 5.97 Å². The van der Waals surface area contributed by atoms with E-state index in [0.717, 1.165) is 22.5 Å². The zero-order valence-corrected chi connectivity index (χ0v) is 19.0. The van der Waals surface area contributed by atoms with Crippen LogP contribution in [0.2, 0.25) is 0 Å². The number of anilines is 2. The van der Waals surface area contributed by atoms with E-state index < -0.39 is 0 Å². The lowest BCUT2D eigenvalue weighted by molar-refractivity contribution is 0.0528. The topological polar surface area (TPSA) is 50.4 Å². The number of hydrogen-bond acceptors (Lipinski definition) is 4. The molecule has 1 unspecified atom stereocenters. The third kappa shape index (κ3) is 5.46. The molecule has 30 heavy (non-hydrogen) atoms. The number of thiophene rings is 1. The van der Waals surface area contributed by atoms with Crippen LogP contribution in [0.4, 0.5) is 10.7 Å². The van der Waals surface area contributed by atoms with Crippen molar-refractivity contribution in [2.24, 2.45) is 0 Å². The third-order valence-corrected chi connectivity index (χ3v) is 6.17. The highest BCUT2D eigenvalue weighted by Gasteiger charge is 2.19. The Bertz CT molecular complexity index is 998. The van der Waals surface area contributed by atoms with Crippen molar-refractivity contribution in [2.75, 3.05) is 17.2 Å². The summed E-state index contributed by atoms with van der Waals surface area (Å²) in [7, 11) is 0. The van der Waals surface area contributed by atoms with E-state index in [-0.39, 0.29) is 5.97 Å². The molecule has 0 fully saturated rings. The van der Waals surface area contributed by atoms with Crippen LogP contribution < -0.4 is 10.6 Å². The van der Waals surface area contributed by atoms with Crippen molar-refractivity contribution in [3.05, 3.63) is 71.8 Å². The Hall–Kier alpha value is -2.70. The summed E-state index contributed by atoms with van der Waals surface area (Å²) in [6, 6.07) is 20.1. The second kappa shape index (κ2) is 10.4. The van der Waals surface area contributed by atoms with Gasteiger partial charge < -0.3 is 15.4 Å². The quantitative estimate of drug-likeness (QED) is 0.310. The highest BCUT2D eigenvalue weighted by molar-refractivity contribution is 7.80. The average Bonchev–Trinajstić information content (AvgIpc) is 3.18. The zero-order chi connectivity index (χ0) is 21.5. The van der Waals surface area contributed by atoms with Crippen LogP contribution in [0.15, 0.2) is 60.7 Å². The van der Waals surface area contributed by atoms with E-state index in [9.17, 15) is 4.79 Å². The molecule has 1 heterocycles. The number of carbonyl (C=O) groups is 1. The SMILES string of the molecule is CCOC(=O)c1cc(-c2ccccc2)sc1NC(=S)Nc1ccc(C(C)CC)cc1. The Balaban J connectivity index is 1.78. The lowest BCUT2D eigenvalue weighted by Gasteiger charge is -2.13. The molecular weight excluding hydrogens is 412 g/mol. The van der Waals surface area contributed by atoms with Gasteiger partial charge in [-0.05, 0) is 60.8 Å². The van der Waals surface area contributed by atoms with Crippen molar-refractivity contribution in [3.63, 3.8) is 0 Å². The van der Waals surface area contributed by atoms with Crippen molar-refractivity contribution in [2.45, 2.75) is 33.1 Å². The van der Waals surface area contributed by atoms with E-state index in [1.165, 1.54) is 16.9 Å². The molecule has 156 valence electrons. The Morgan fingerprint density at radius 2 is 1.77 bits per heavy atom. The second-order valence-corrected chi connectivity index (χ2v) is 8.41. The first-order chi connectivity index (χ1) is 14.5. The molecule has 0 bridgehead atoms. The molecule has 3 rings (SSSR count). The van der Waals surface area contributed by atoms with Crippen molar-refractivity contribution in [3.8, 4) is 10.4 Å². The summed E-state index contributed by atoms with van der Waals surface area (Å²) >= 11 is 6.97. The van der Waals surface area contributed by atoms with Crippen molar-refractivity contribution < 1.29 is 9.53 Å². The van der Waals surface area contributed by atoms with Crippen LogP contribution in [-0.2, 0) is 4.74 Å². The van der Waals surface area contributed by atoms with Crippen molar-refractivity contribution in [1.29, 1.82) is 0 Å². The lowest BCUT2D eigenvalue weighted by Crippen LogP contribution is -2.20. The predicted octanol–water partition coefficient (Wildman–Crippen LogP) is 6.91. The van der Waals surface area contributed by atoms with Crippen LogP contribution >= 0.6 is 23.6 Å². The van der Waals surface area contributed by atoms with Gasteiger partial charge in [0.25, 0.3) is 0 Å². The number of hydrogen-bond donors (Lipinski definition) is 2. The molecular formula is C24H26N2O2S2. The number of thiocarbonyl (C=S) groups is 1. The van der Waals surface area contributed by atoms with Gasteiger partial charge in [-0.25, -0.2) is 4.79 Å². The van der Waals surface area contributed by atoms with Crippen LogP contribution in [0.25, 0.3) is 10.4 Å². The molecule has 6 heteroatoms. The summed E-state index contributed by atoms with van der Waals surface area (Å²) in [6.45, 7) is 6.51. The number of carbonyl (C=O) groups excluding carboxylic acids is 1. The summed E-state index contributed by atoms with van der Waals surface area (Å²) in [6.07, 6.45) is 1.10. The van der Waals surface area contributed by atoms with Crippen LogP contribution in [0.1, 0.15) is 49.0 Å². The minimum Gasteiger partial charge on any atom is -0.462 e. The van der Waals surface area contributed by atoms with E-state index in [0.29, 0.717) is 28.2 Å². The Morgan fingerprint density at radius 3 is 2.40 bits per heavy atom. The summed E-state index contributed by atoms with van der Waals surface area (Å²) in [5.41, 5.74) is 3.73. The summed E-state index contributed by atoms with van der Waals surface area (Å²) in [5, 5.41) is 7.47. The monoisotopic (exact) mass is 438 g/mol. The van der Waals surface area contributed by atoms with Crippen LogP contribution in [0, 0.1) is 0 Å². The van der Waals surface area contributed by atoms with Gasteiger partial charge in [-0.2, -0.15) is 0 Å². The number of esters is 1. The van der Waals surface area contributed by atoms with Gasteiger partial charge in [-0.15, -0.1) is 11.3 Å². The zero-order valence-electron chi connectivity index (χ0n) is 17.4. The highest BCUT2D eigenvalue weighted by Crippen LogP contribution is 2.36. The molecule has 0 radical (unpaired) electrons. The van der Waals surface area contributed by atoms with E-state index in [4.69, 9.17) is 17.0 Å². The molecule has 2 aromatic carbocycles. The van der Waals surface area contributed by atoms with Crippen LogP contribution in [0.3, 0.4) is 0 Å². The first-order valence-corrected chi connectivity index (χ1v) is 11.3. The Kier molecular flexibility index (Phi) is 7.60. The molecule has 0 aliphatic heterocycles. The fraction of sp³-hybridized carbons (Fsp3) is 0.250. The molecule has 0 aliphatic rings. The predicted molar refractivity (Wildman–Crippen MR) is 131 cm³/mol. The first-order valence-electron chi connectivity index (χ1n) is 10.1. The van der Waals surface area contributed by atoms with E-state index in [1.54, 1.807) is 6.92 Å². The molecule has 0 amide bonds. The van der Waals surface area contributed by atoms with E-state index in [2.05, 4.69) is 36.6 Å². The summed E-state index contributed by atoms with van der Waals surface area (Å²) in [5.74, 6) is 0.165. The molecule has 3 aromatic rings. The van der Waals surface area contributed by atoms with Gasteiger partial charge in [0.05, 0.1) is 12.2 Å². The molecule has 0 aliphatic carbocycles. The van der Waals surface area contributed by atoms with Gasteiger partial charge in [-0.3, -0.25) is 0 Å². The van der Waals surface area contributed by atoms with Crippen molar-refractivity contribution in [1.82, 2.24) is 0 Å². The van der Waals surface area contributed by atoms with E-state index >= 15 is 0 Å². The minimum absolute atomic E-state index is 0.319.